The minimum atomic E-state index is -0.499. The smallest absolute Gasteiger partial charge is 0.407 e. The summed E-state index contributed by atoms with van der Waals surface area (Å²) in [6, 6.07) is 21.1. The number of benzene rings is 2. The Bertz CT molecular complexity index is 1460. The molecule has 1 atom stereocenters. The van der Waals surface area contributed by atoms with Crippen LogP contribution in [0.4, 0.5) is 20.7 Å². The number of ether oxygens (including phenoxy) is 1. The van der Waals surface area contributed by atoms with Gasteiger partial charge in [-0.25, -0.2) is 14.2 Å². The minimum absolute atomic E-state index is 0.0284. The van der Waals surface area contributed by atoms with Crippen molar-refractivity contribution in [1.29, 1.82) is 0 Å². The van der Waals surface area contributed by atoms with E-state index in [4.69, 9.17) is 4.74 Å². The maximum atomic E-state index is 14.5. The molecule has 206 valence electrons. The number of nitrogens with zero attached hydrogens (tertiary/aromatic N) is 4. The molecule has 0 bridgehead atoms. The van der Waals surface area contributed by atoms with Gasteiger partial charge in [-0.2, -0.15) is 5.10 Å². The zero-order valence-corrected chi connectivity index (χ0v) is 22.2. The molecular weight excluding hydrogens is 511 g/mol. The number of aromatic nitrogens is 3. The first-order valence-corrected chi connectivity index (χ1v) is 13.3. The Hall–Kier alpha value is -4.73. The van der Waals surface area contributed by atoms with E-state index in [2.05, 4.69) is 25.6 Å². The van der Waals surface area contributed by atoms with Crippen molar-refractivity contribution >= 4 is 23.5 Å². The average molecular weight is 543 g/mol. The van der Waals surface area contributed by atoms with Crippen molar-refractivity contribution < 1.29 is 18.7 Å². The highest BCUT2D eigenvalue weighted by Gasteiger charge is 2.24. The Morgan fingerprint density at radius 2 is 1.75 bits per heavy atom. The summed E-state index contributed by atoms with van der Waals surface area (Å²) in [7, 11) is 1.82. The van der Waals surface area contributed by atoms with Gasteiger partial charge in [0.05, 0.1) is 6.20 Å². The monoisotopic (exact) mass is 542 g/mol. The van der Waals surface area contributed by atoms with E-state index >= 15 is 0 Å². The summed E-state index contributed by atoms with van der Waals surface area (Å²) < 4.78 is 21.6. The third-order valence-electron chi connectivity index (χ3n) is 6.84. The molecule has 0 saturated carbocycles. The molecule has 0 radical (unpaired) electrons. The molecule has 1 fully saturated rings. The molecule has 0 unspecified atom stereocenters. The van der Waals surface area contributed by atoms with Gasteiger partial charge in [0.25, 0.3) is 5.91 Å². The number of aryl methyl sites for hydroxylation is 1. The third-order valence-corrected chi connectivity index (χ3v) is 6.84. The molecule has 2 aromatic heterocycles. The Balaban J connectivity index is 1.22. The first-order chi connectivity index (χ1) is 19.5. The highest BCUT2D eigenvalue weighted by Crippen LogP contribution is 2.28. The zero-order valence-electron chi connectivity index (χ0n) is 22.2. The predicted molar refractivity (Wildman–Crippen MR) is 150 cm³/mol. The van der Waals surface area contributed by atoms with Crippen LogP contribution in [0.1, 0.15) is 35.3 Å². The lowest BCUT2D eigenvalue weighted by Gasteiger charge is -2.24. The fraction of sp³-hybridized carbons (Fsp3) is 0.267. The number of hydrogen-bond donors (Lipinski definition) is 2. The molecule has 2 aromatic carbocycles. The minimum Gasteiger partial charge on any atom is -0.445 e. The normalized spacial score (nSPS) is 15.2. The lowest BCUT2D eigenvalue weighted by molar-refractivity contribution is 0.102. The number of amides is 2. The van der Waals surface area contributed by atoms with Gasteiger partial charge in [-0.15, -0.1) is 0 Å². The van der Waals surface area contributed by atoms with Gasteiger partial charge in [-0.3, -0.25) is 9.48 Å². The van der Waals surface area contributed by atoms with Crippen molar-refractivity contribution in [2.75, 3.05) is 23.3 Å². The number of halogens is 1. The number of anilines is 2. The van der Waals surface area contributed by atoms with E-state index < -0.39 is 17.8 Å². The van der Waals surface area contributed by atoms with Crippen molar-refractivity contribution in [3.05, 3.63) is 96.1 Å². The third kappa shape index (κ3) is 6.45. The van der Waals surface area contributed by atoms with E-state index in [-0.39, 0.29) is 24.0 Å². The first-order valence-electron chi connectivity index (χ1n) is 13.3. The summed E-state index contributed by atoms with van der Waals surface area (Å²) in [5, 5.41) is 10.2. The zero-order chi connectivity index (χ0) is 27.9. The van der Waals surface area contributed by atoms with Gasteiger partial charge >= 0.3 is 6.09 Å². The molecule has 1 aliphatic rings. The van der Waals surface area contributed by atoms with Crippen LogP contribution in [0.3, 0.4) is 0 Å². The Morgan fingerprint density at radius 1 is 1.00 bits per heavy atom. The molecule has 3 heterocycles. The van der Waals surface area contributed by atoms with E-state index in [1.807, 2.05) is 43.4 Å². The Kier molecular flexibility index (Phi) is 8.34. The van der Waals surface area contributed by atoms with Crippen LogP contribution in [0.25, 0.3) is 11.3 Å². The average Bonchev–Trinajstić information content (AvgIpc) is 3.18. The second-order valence-electron chi connectivity index (χ2n) is 9.67. The summed E-state index contributed by atoms with van der Waals surface area (Å²) in [6.07, 6.45) is 3.51. The van der Waals surface area contributed by atoms with Gasteiger partial charge in [-0.1, -0.05) is 60.7 Å². The lowest BCUT2D eigenvalue weighted by Crippen LogP contribution is -2.36. The maximum absolute atomic E-state index is 14.5. The van der Waals surface area contributed by atoms with Crippen LogP contribution in [-0.2, 0) is 18.4 Å². The van der Waals surface area contributed by atoms with Gasteiger partial charge in [0.1, 0.15) is 29.5 Å². The SMILES string of the molecule is Cn1ncc(NC(=O)c2ccc(F)c(-c3ccccc3)n2)c1N1CCC[C@@H](NC(=O)OCc2ccccc2)CC1. The van der Waals surface area contributed by atoms with Gasteiger partial charge in [0.2, 0.25) is 0 Å². The highest BCUT2D eigenvalue weighted by molar-refractivity contribution is 6.04. The fourth-order valence-electron chi connectivity index (χ4n) is 4.83. The van der Waals surface area contributed by atoms with Crippen LogP contribution in [0.5, 0.6) is 0 Å². The van der Waals surface area contributed by atoms with E-state index in [1.54, 1.807) is 35.1 Å². The summed E-state index contributed by atoms with van der Waals surface area (Å²) in [5.74, 6) is -0.200. The predicted octanol–water partition coefficient (Wildman–Crippen LogP) is 5.16. The quantitative estimate of drug-likeness (QED) is 0.335. The topological polar surface area (TPSA) is 101 Å². The van der Waals surface area contributed by atoms with Crippen molar-refractivity contribution in [3.8, 4) is 11.3 Å². The standard InChI is InChI=1S/C30H31FN6O3/c1-36-29(37-17-8-13-23(16-18-37)33-30(39)40-20-21-9-4-2-5-10-21)26(19-32-36)35-28(38)25-15-14-24(31)27(34-25)22-11-6-3-7-12-22/h2-7,9-12,14-15,19,23H,8,13,16-18,20H2,1H3,(H,33,39)(H,35,38)/t23-/m1/s1. The molecule has 10 heteroatoms. The van der Waals surface area contributed by atoms with E-state index in [9.17, 15) is 14.0 Å². The molecule has 5 rings (SSSR count). The van der Waals surface area contributed by atoms with E-state index in [0.29, 0.717) is 24.2 Å². The van der Waals surface area contributed by atoms with Crippen LogP contribution < -0.4 is 15.5 Å². The Morgan fingerprint density at radius 3 is 2.52 bits per heavy atom. The van der Waals surface area contributed by atoms with Crippen molar-refractivity contribution in [2.24, 2.45) is 7.05 Å². The summed E-state index contributed by atoms with van der Waals surface area (Å²) in [6.45, 7) is 1.60. The molecule has 1 aliphatic heterocycles. The molecule has 2 amide bonds. The fourth-order valence-corrected chi connectivity index (χ4v) is 4.83. The molecule has 0 aliphatic carbocycles. The van der Waals surface area contributed by atoms with Crippen molar-refractivity contribution in [1.82, 2.24) is 20.1 Å². The van der Waals surface area contributed by atoms with Gasteiger partial charge in [0, 0.05) is 31.7 Å². The van der Waals surface area contributed by atoms with Crippen LogP contribution in [0.2, 0.25) is 0 Å². The number of carbonyl (C=O) groups excluding carboxylic acids is 2. The lowest BCUT2D eigenvalue weighted by atomic mass is 10.1. The number of pyridine rings is 1. The molecule has 40 heavy (non-hydrogen) atoms. The summed E-state index contributed by atoms with van der Waals surface area (Å²) in [5.41, 5.74) is 2.28. The molecule has 1 saturated heterocycles. The summed E-state index contributed by atoms with van der Waals surface area (Å²) in [4.78, 5) is 32.0. The van der Waals surface area contributed by atoms with Gasteiger partial charge in [0.15, 0.2) is 5.82 Å². The van der Waals surface area contributed by atoms with Crippen LogP contribution in [0.15, 0.2) is 79.0 Å². The molecule has 2 N–H and O–H groups in total. The largest absolute Gasteiger partial charge is 0.445 e. The number of rotatable bonds is 7. The van der Waals surface area contributed by atoms with Gasteiger partial charge in [-0.05, 0) is 37.0 Å². The first kappa shape index (κ1) is 26.9. The number of alkyl carbamates (subject to hydrolysis) is 1. The van der Waals surface area contributed by atoms with Crippen LogP contribution >= 0.6 is 0 Å². The molecule has 4 aromatic rings. The maximum Gasteiger partial charge on any atom is 0.407 e. The molecule has 9 nitrogen and oxygen atoms in total. The van der Waals surface area contributed by atoms with Gasteiger partial charge < -0.3 is 20.3 Å². The number of carbonyl (C=O) groups is 2. The highest BCUT2D eigenvalue weighted by atomic mass is 19.1. The van der Waals surface area contributed by atoms with Crippen molar-refractivity contribution in [2.45, 2.75) is 31.9 Å². The van der Waals surface area contributed by atoms with Crippen LogP contribution in [-0.4, -0.2) is 45.9 Å². The second kappa shape index (κ2) is 12.4. The number of nitrogens with one attached hydrogen (secondary N) is 2. The Labute approximate surface area is 232 Å². The van der Waals surface area contributed by atoms with E-state index in [1.165, 1.54) is 12.1 Å². The molecule has 0 spiro atoms. The van der Waals surface area contributed by atoms with Crippen molar-refractivity contribution in [3.63, 3.8) is 0 Å². The summed E-state index contributed by atoms with van der Waals surface area (Å²) >= 11 is 0. The molecular formula is C30H31FN6O3. The second-order valence-corrected chi connectivity index (χ2v) is 9.67. The van der Waals surface area contributed by atoms with E-state index in [0.717, 1.165) is 30.8 Å². The number of hydrogen-bond acceptors (Lipinski definition) is 6. The van der Waals surface area contributed by atoms with Crippen LogP contribution in [0, 0.1) is 5.82 Å².